The van der Waals surface area contributed by atoms with E-state index in [0.29, 0.717) is 45.4 Å². The van der Waals surface area contributed by atoms with Gasteiger partial charge >= 0.3 is 12.1 Å². The minimum Gasteiger partial charge on any atom is -0.457 e. The summed E-state index contributed by atoms with van der Waals surface area (Å²) in [4.78, 5) is 34.5. The molecule has 2 fully saturated rings. The van der Waals surface area contributed by atoms with E-state index in [0.717, 1.165) is 11.3 Å². The van der Waals surface area contributed by atoms with Gasteiger partial charge in [-0.25, -0.2) is 4.79 Å². The lowest BCUT2D eigenvalue weighted by Gasteiger charge is -2.39. The molecule has 0 spiro atoms. The van der Waals surface area contributed by atoms with Gasteiger partial charge in [-0.05, 0) is 63.8 Å². The van der Waals surface area contributed by atoms with Gasteiger partial charge in [0.15, 0.2) is 6.10 Å². The van der Waals surface area contributed by atoms with E-state index >= 15 is 0 Å². The Hall–Kier alpha value is -3.29. The first-order valence-electron chi connectivity index (χ1n) is 18.3. The number of allylic oxidation sites excluding steroid dienone is 2. The molecule has 284 valence electrons. The van der Waals surface area contributed by atoms with Gasteiger partial charge < -0.3 is 44.1 Å². The summed E-state index contributed by atoms with van der Waals surface area (Å²) in [5.74, 6) is -0.872. The molecule has 12 nitrogen and oxygen atoms in total. The fraction of sp³-hybridized carbons (Fsp3) is 0.667. The van der Waals surface area contributed by atoms with Crippen molar-refractivity contribution < 1.29 is 43.9 Å². The van der Waals surface area contributed by atoms with Crippen LogP contribution in [0.25, 0.3) is 0 Å². The lowest BCUT2D eigenvalue weighted by atomic mass is 9.88. The van der Waals surface area contributed by atoms with E-state index in [4.69, 9.17) is 18.9 Å². The van der Waals surface area contributed by atoms with Crippen molar-refractivity contribution in [3.8, 4) is 0 Å². The Bertz CT molecular complexity index is 1380. The first-order chi connectivity index (χ1) is 24.2. The zero-order valence-electron chi connectivity index (χ0n) is 31.3. The second-order valence-corrected chi connectivity index (χ2v) is 14.9. The SMILES string of the molecule is CCC(O)C(C)C1OC1CC(C)(O)C=CC=C(C)C1OC(=O)CC(O)CCC(C)(OC)C(OC(=O)N2CCN(c3ccncc3)CC2)C=CC1C. The van der Waals surface area contributed by atoms with Gasteiger partial charge in [-0.15, -0.1) is 0 Å². The molecule has 4 heterocycles. The van der Waals surface area contributed by atoms with Gasteiger partial charge in [0.2, 0.25) is 0 Å². The van der Waals surface area contributed by atoms with Crippen molar-refractivity contribution in [2.75, 3.05) is 38.2 Å². The third kappa shape index (κ3) is 11.3. The molecule has 3 N–H and O–H groups in total. The van der Waals surface area contributed by atoms with Gasteiger partial charge in [-0.2, -0.15) is 0 Å². The summed E-state index contributed by atoms with van der Waals surface area (Å²) in [5.41, 5.74) is -0.339. The predicted molar refractivity (Wildman–Crippen MR) is 194 cm³/mol. The zero-order valence-corrected chi connectivity index (χ0v) is 31.3. The number of aliphatic hydroxyl groups is 3. The number of ether oxygens (including phenoxy) is 4. The summed E-state index contributed by atoms with van der Waals surface area (Å²) in [5, 5.41) is 32.0. The number of aliphatic hydroxyl groups excluding tert-OH is 2. The van der Waals surface area contributed by atoms with Crippen molar-refractivity contribution in [1.29, 1.82) is 0 Å². The predicted octanol–water partition coefficient (Wildman–Crippen LogP) is 4.58. The second kappa shape index (κ2) is 18.0. The first kappa shape index (κ1) is 40.5. The van der Waals surface area contributed by atoms with Crippen LogP contribution < -0.4 is 4.90 Å². The number of hydrogen-bond donors (Lipinski definition) is 3. The summed E-state index contributed by atoms with van der Waals surface area (Å²) in [7, 11) is 1.56. The fourth-order valence-electron chi connectivity index (χ4n) is 6.89. The topological polar surface area (TPSA) is 154 Å². The molecule has 1 amide bonds. The maximum atomic E-state index is 13.5. The van der Waals surface area contributed by atoms with Crippen LogP contribution in [0, 0.1) is 11.8 Å². The van der Waals surface area contributed by atoms with Crippen LogP contribution in [-0.2, 0) is 23.7 Å². The molecule has 12 heteroatoms. The summed E-state index contributed by atoms with van der Waals surface area (Å²) >= 11 is 0. The Labute approximate surface area is 303 Å². The Morgan fingerprint density at radius 3 is 2.55 bits per heavy atom. The number of rotatable bonds is 11. The molecule has 51 heavy (non-hydrogen) atoms. The van der Waals surface area contributed by atoms with E-state index in [-0.39, 0.29) is 36.9 Å². The van der Waals surface area contributed by atoms with E-state index in [1.54, 1.807) is 55.6 Å². The molecule has 2 saturated heterocycles. The molecule has 4 rings (SSSR count). The molecule has 0 saturated carbocycles. The Morgan fingerprint density at radius 1 is 1.22 bits per heavy atom. The molecule has 0 radical (unpaired) electrons. The largest absolute Gasteiger partial charge is 0.457 e. The highest BCUT2D eigenvalue weighted by Gasteiger charge is 2.47. The van der Waals surface area contributed by atoms with Crippen molar-refractivity contribution >= 4 is 17.7 Å². The number of cyclic esters (lactones) is 1. The number of methoxy groups -OCH3 is 1. The van der Waals surface area contributed by atoms with Gasteiger partial charge in [-0.1, -0.05) is 45.1 Å². The quantitative estimate of drug-likeness (QED) is 0.128. The third-order valence-electron chi connectivity index (χ3n) is 10.6. The Kier molecular flexibility index (Phi) is 14.3. The van der Waals surface area contributed by atoms with Gasteiger partial charge in [0.25, 0.3) is 0 Å². The van der Waals surface area contributed by atoms with Crippen LogP contribution in [0.2, 0.25) is 0 Å². The highest BCUT2D eigenvalue weighted by Crippen LogP contribution is 2.38. The number of anilines is 1. The van der Waals surface area contributed by atoms with Crippen LogP contribution in [-0.4, -0.2) is 118 Å². The van der Waals surface area contributed by atoms with Crippen LogP contribution in [0.4, 0.5) is 10.5 Å². The Morgan fingerprint density at radius 2 is 1.90 bits per heavy atom. The zero-order chi connectivity index (χ0) is 37.3. The average molecular weight is 714 g/mol. The number of carbonyl (C=O) groups excluding carboxylic acids is 2. The van der Waals surface area contributed by atoms with Gasteiger partial charge in [0.05, 0.1) is 36.4 Å². The molecule has 0 aromatic carbocycles. The van der Waals surface area contributed by atoms with Crippen molar-refractivity contribution in [3.05, 3.63) is 60.5 Å². The molecule has 10 atom stereocenters. The molecule has 3 aliphatic heterocycles. The van der Waals surface area contributed by atoms with Gasteiger partial charge in [-0.3, -0.25) is 9.78 Å². The lowest BCUT2D eigenvalue weighted by molar-refractivity contribution is -0.151. The lowest BCUT2D eigenvalue weighted by Crippen LogP contribution is -2.51. The van der Waals surface area contributed by atoms with Crippen LogP contribution in [0.3, 0.4) is 0 Å². The minimum absolute atomic E-state index is 0.00980. The summed E-state index contributed by atoms with van der Waals surface area (Å²) < 4.78 is 23.8. The average Bonchev–Trinajstić information content (AvgIpc) is 3.88. The fourth-order valence-corrected chi connectivity index (χ4v) is 6.89. The van der Waals surface area contributed by atoms with Crippen molar-refractivity contribution in [2.24, 2.45) is 11.8 Å². The maximum Gasteiger partial charge on any atom is 0.410 e. The van der Waals surface area contributed by atoms with E-state index in [1.165, 1.54) is 0 Å². The van der Waals surface area contributed by atoms with Gasteiger partial charge in [0, 0.05) is 69.6 Å². The number of hydrogen-bond acceptors (Lipinski definition) is 11. The van der Waals surface area contributed by atoms with Crippen LogP contribution >= 0.6 is 0 Å². The molecule has 10 unspecified atom stereocenters. The van der Waals surface area contributed by atoms with Crippen molar-refractivity contribution in [3.63, 3.8) is 0 Å². The smallest absolute Gasteiger partial charge is 0.410 e. The van der Waals surface area contributed by atoms with Crippen molar-refractivity contribution in [1.82, 2.24) is 9.88 Å². The van der Waals surface area contributed by atoms with Crippen LogP contribution in [0.15, 0.2) is 60.5 Å². The van der Waals surface area contributed by atoms with Crippen molar-refractivity contribution in [2.45, 2.75) is 121 Å². The standard InChI is InChI=1S/C39H59N3O9/c1-8-31(44)28(4)36-32(49-36)25-38(5,47)16-9-10-26(2)35-27(3)11-12-33(39(6,48-7)17-13-30(43)24-34(45)51-35)50-37(46)42-22-20-41(21-23-42)29-14-18-40-19-15-29/h9-12,14-16,18-19,27-28,30-33,35-36,43-44,47H,8,13,17,20-25H2,1-7H3. The molecule has 1 aromatic rings. The minimum atomic E-state index is -1.15. The van der Waals surface area contributed by atoms with Gasteiger partial charge in [0.1, 0.15) is 11.7 Å². The molecule has 3 aliphatic rings. The monoisotopic (exact) mass is 713 g/mol. The molecule has 1 aromatic heterocycles. The highest BCUT2D eigenvalue weighted by atomic mass is 16.6. The molecular weight excluding hydrogens is 654 g/mol. The number of amides is 1. The molecule has 0 aliphatic carbocycles. The number of esters is 1. The molecule has 0 bridgehead atoms. The van der Waals surface area contributed by atoms with Crippen LogP contribution in [0.5, 0.6) is 0 Å². The third-order valence-corrected chi connectivity index (χ3v) is 10.6. The summed E-state index contributed by atoms with van der Waals surface area (Å²) in [6.07, 6.45) is 10.3. The summed E-state index contributed by atoms with van der Waals surface area (Å²) in [6, 6.07) is 3.90. The first-order valence-corrected chi connectivity index (χ1v) is 18.3. The number of pyridine rings is 1. The number of piperazine rings is 1. The van der Waals surface area contributed by atoms with E-state index in [2.05, 4.69) is 9.88 Å². The molecular formula is C39H59N3O9. The summed E-state index contributed by atoms with van der Waals surface area (Å²) in [6.45, 7) is 13.5. The normalized spacial score (nSPS) is 32.0. The Balaban J connectivity index is 1.46. The number of nitrogens with zero attached hydrogens (tertiary/aromatic N) is 3. The number of carbonyl (C=O) groups is 2. The van der Waals surface area contributed by atoms with Crippen LogP contribution in [0.1, 0.15) is 73.6 Å². The second-order valence-electron chi connectivity index (χ2n) is 14.9. The number of epoxide rings is 1. The van der Waals surface area contributed by atoms with E-state index in [9.17, 15) is 24.9 Å². The maximum absolute atomic E-state index is 13.5. The van der Waals surface area contributed by atoms with E-state index < -0.39 is 47.7 Å². The van der Waals surface area contributed by atoms with E-state index in [1.807, 2.05) is 52.8 Å². The highest BCUT2D eigenvalue weighted by molar-refractivity contribution is 5.70. The number of aromatic nitrogens is 1.